The van der Waals surface area contributed by atoms with Crippen molar-refractivity contribution in [2.75, 3.05) is 20.3 Å². The van der Waals surface area contributed by atoms with Gasteiger partial charge in [0, 0.05) is 18.3 Å². The van der Waals surface area contributed by atoms with Gasteiger partial charge in [0.15, 0.2) is 0 Å². The van der Waals surface area contributed by atoms with Crippen LogP contribution in [0.2, 0.25) is 5.02 Å². The molecule has 1 aliphatic heterocycles. The molecular formula is C12H13ClN2O4. The van der Waals surface area contributed by atoms with Crippen molar-refractivity contribution in [2.24, 2.45) is 5.92 Å². The topological polar surface area (TPSA) is 79.7 Å². The maximum absolute atomic E-state index is 12.2. The Kier molecular flexibility index (Phi) is 4.01. The van der Waals surface area contributed by atoms with Gasteiger partial charge in [-0.3, -0.25) is 14.6 Å². The average Bonchev–Trinajstić information content (AvgIpc) is 2.86. The van der Waals surface area contributed by atoms with E-state index < -0.39 is 17.9 Å². The van der Waals surface area contributed by atoms with Gasteiger partial charge in [0.05, 0.1) is 19.3 Å². The monoisotopic (exact) mass is 284 g/mol. The van der Waals surface area contributed by atoms with Crippen LogP contribution >= 0.6 is 11.6 Å². The molecular weight excluding hydrogens is 272 g/mol. The molecule has 1 fully saturated rings. The lowest BCUT2D eigenvalue weighted by atomic mass is 10.0. The molecule has 1 N–H and O–H groups in total. The fourth-order valence-electron chi connectivity index (χ4n) is 2.01. The molecule has 1 aliphatic rings. The lowest BCUT2D eigenvalue weighted by molar-refractivity contribution is -0.142. The molecule has 0 spiro atoms. The molecule has 0 aromatic carbocycles. The predicted molar refractivity (Wildman–Crippen MR) is 67.1 cm³/mol. The molecule has 2 rings (SSSR count). The molecule has 1 aromatic heterocycles. The first-order chi connectivity index (χ1) is 9.00. The van der Waals surface area contributed by atoms with Crippen molar-refractivity contribution in [3.05, 3.63) is 29.0 Å². The van der Waals surface area contributed by atoms with E-state index in [0.717, 1.165) is 0 Å². The molecule has 2 unspecified atom stereocenters. The highest BCUT2D eigenvalue weighted by atomic mass is 35.5. The Balaban J connectivity index is 2.17. The first kappa shape index (κ1) is 13.8. The molecule has 19 heavy (non-hydrogen) atoms. The summed E-state index contributed by atoms with van der Waals surface area (Å²) in [6.45, 7) is 0.320. The van der Waals surface area contributed by atoms with E-state index in [4.69, 9.17) is 21.4 Å². The van der Waals surface area contributed by atoms with Crippen LogP contribution in [-0.4, -0.2) is 53.2 Å². The Morgan fingerprint density at radius 3 is 2.89 bits per heavy atom. The van der Waals surface area contributed by atoms with Gasteiger partial charge in [0.25, 0.3) is 5.91 Å². The van der Waals surface area contributed by atoms with Crippen molar-refractivity contribution in [3.8, 4) is 0 Å². The highest BCUT2D eigenvalue weighted by Crippen LogP contribution is 2.21. The number of ether oxygens (including phenoxy) is 1. The zero-order valence-corrected chi connectivity index (χ0v) is 11.0. The van der Waals surface area contributed by atoms with Gasteiger partial charge >= 0.3 is 5.97 Å². The molecule has 6 nitrogen and oxygen atoms in total. The highest BCUT2D eigenvalue weighted by Gasteiger charge is 2.38. The van der Waals surface area contributed by atoms with Gasteiger partial charge in [-0.2, -0.15) is 0 Å². The number of carboxylic acid groups (broad SMARTS) is 1. The molecule has 0 saturated carbocycles. The number of rotatable bonds is 3. The van der Waals surface area contributed by atoms with E-state index in [0.29, 0.717) is 5.02 Å². The zero-order valence-electron chi connectivity index (χ0n) is 10.2. The maximum atomic E-state index is 12.2. The van der Waals surface area contributed by atoms with Crippen molar-refractivity contribution in [1.82, 2.24) is 9.88 Å². The van der Waals surface area contributed by atoms with Crippen LogP contribution in [0.3, 0.4) is 0 Å². The SMILES string of the molecule is CN(C(=O)c1cc(Cl)ccn1)C1COCC1C(=O)O. The van der Waals surface area contributed by atoms with Gasteiger partial charge in [-0.25, -0.2) is 0 Å². The van der Waals surface area contributed by atoms with E-state index in [2.05, 4.69) is 4.98 Å². The second-order valence-corrected chi connectivity index (χ2v) is 4.76. The third kappa shape index (κ3) is 2.85. The first-order valence-corrected chi connectivity index (χ1v) is 6.07. The van der Waals surface area contributed by atoms with Crippen LogP contribution < -0.4 is 0 Å². The number of aromatic nitrogens is 1. The summed E-state index contributed by atoms with van der Waals surface area (Å²) in [7, 11) is 1.54. The second-order valence-electron chi connectivity index (χ2n) is 4.32. The largest absolute Gasteiger partial charge is 0.481 e. The van der Waals surface area contributed by atoms with Gasteiger partial charge in [0.2, 0.25) is 0 Å². The average molecular weight is 285 g/mol. The van der Waals surface area contributed by atoms with E-state index in [-0.39, 0.29) is 24.8 Å². The third-order valence-corrected chi connectivity index (χ3v) is 3.36. The number of halogens is 1. The molecule has 1 aromatic rings. The summed E-state index contributed by atoms with van der Waals surface area (Å²) >= 11 is 5.80. The number of hydrogen-bond donors (Lipinski definition) is 1. The van der Waals surface area contributed by atoms with E-state index in [1.807, 2.05) is 0 Å². The van der Waals surface area contributed by atoms with Crippen LogP contribution in [-0.2, 0) is 9.53 Å². The Morgan fingerprint density at radius 2 is 2.26 bits per heavy atom. The fourth-order valence-corrected chi connectivity index (χ4v) is 2.17. The number of pyridine rings is 1. The molecule has 0 aliphatic carbocycles. The van der Waals surface area contributed by atoms with Crippen LogP contribution in [0.4, 0.5) is 0 Å². The normalized spacial score (nSPS) is 22.2. The number of hydrogen-bond acceptors (Lipinski definition) is 4. The molecule has 0 radical (unpaired) electrons. The number of amides is 1. The van der Waals surface area contributed by atoms with E-state index in [9.17, 15) is 9.59 Å². The summed E-state index contributed by atoms with van der Waals surface area (Å²) in [6, 6.07) is 2.52. The number of carbonyl (C=O) groups excluding carboxylic acids is 1. The quantitative estimate of drug-likeness (QED) is 0.892. The Morgan fingerprint density at radius 1 is 1.53 bits per heavy atom. The highest BCUT2D eigenvalue weighted by molar-refractivity contribution is 6.30. The second kappa shape index (κ2) is 5.54. The van der Waals surface area contributed by atoms with Crippen molar-refractivity contribution in [2.45, 2.75) is 6.04 Å². The van der Waals surface area contributed by atoms with Crippen LogP contribution in [0, 0.1) is 5.92 Å². The third-order valence-electron chi connectivity index (χ3n) is 3.13. The van der Waals surface area contributed by atoms with Gasteiger partial charge in [-0.1, -0.05) is 11.6 Å². The van der Waals surface area contributed by atoms with E-state index >= 15 is 0 Å². The predicted octanol–water partition coefficient (Wildman–Crippen LogP) is 0.907. The van der Waals surface area contributed by atoms with Crippen LogP contribution in [0.1, 0.15) is 10.5 Å². The van der Waals surface area contributed by atoms with Crippen LogP contribution in [0.15, 0.2) is 18.3 Å². The van der Waals surface area contributed by atoms with E-state index in [1.54, 1.807) is 13.1 Å². The Labute approximate surface area is 114 Å². The Bertz CT molecular complexity index is 508. The number of carboxylic acids is 1. The molecule has 102 valence electrons. The van der Waals surface area contributed by atoms with Gasteiger partial charge in [-0.15, -0.1) is 0 Å². The minimum absolute atomic E-state index is 0.112. The number of aliphatic carboxylic acids is 1. The van der Waals surface area contributed by atoms with Crippen LogP contribution in [0.5, 0.6) is 0 Å². The van der Waals surface area contributed by atoms with Gasteiger partial charge < -0.3 is 14.7 Å². The smallest absolute Gasteiger partial charge is 0.311 e. The number of likely N-dealkylation sites (N-methyl/N-ethyl adjacent to an activating group) is 1. The molecule has 1 amide bonds. The molecule has 1 saturated heterocycles. The summed E-state index contributed by atoms with van der Waals surface area (Å²) in [5.41, 5.74) is 0.186. The van der Waals surface area contributed by atoms with Crippen molar-refractivity contribution in [1.29, 1.82) is 0 Å². The molecule has 7 heteroatoms. The zero-order chi connectivity index (χ0) is 14.0. The molecule has 0 bridgehead atoms. The number of carbonyl (C=O) groups is 2. The van der Waals surface area contributed by atoms with Gasteiger partial charge in [0.1, 0.15) is 11.6 Å². The van der Waals surface area contributed by atoms with Crippen molar-refractivity contribution in [3.63, 3.8) is 0 Å². The first-order valence-electron chi connectivity index (χ1n) is 5.70. The lowest BCUT2D eigenvalue weighted by Crippen LogP contribution is -2.44. The summed E-state index contributed by atoms with van der Waals surface area (Å²) in [6.07, 6.45) is 1.43. The van der Waals surface area contributed by atoms with Gasteiger partial charge in [-0.05, 0) is 12.1 Å². The Hall–Kier alpha value is -1.66. The minimum Gasteiger partial charge on any atom is -0.481 e. The summed E-state index contributed by atoms with van der Waals surface area (Å²) < 4.78 is 5.14. The summed E-state index contributed by atoms with van der Waals surface area (Å²) in [4.78, 5) is 28.6. The van der Waals surface area contributed by atoms with Crippen molar-refractivity contribution >= 4 is 23.5 Å². The lowest BCUT2D eigenvalue weighted by Gasteiger charge is -2.25. The molecule has 2 atom stereocenters. The standard InChI is InChI=1S/C12H13ClN2O4/c1-15(10-6-19-5-8(10)12(17)18)11(16)9-4-7(13)2-3-14-9/h2-4,8,10H,5-6H2,1H3,(H,17,18). The van der Waals surface area contributed by atoms with E-state index in [1.165, 1.54) is 17.2 Å². The maximum Gasteiger partial charge on any atom is 0.311 e. The number of nitrogens with zero attached hydrogens (tertiary/aromatic N) is 2. The van der Waals surface area contributed by atoms with Crippen LogP contribution in [0.25, 0.3) is 0 Å². The minimum atomic E-state index is -0.971. The summed E-state index contributed by atoms with van der Waals surface area (Å²) in [5.74, 6) is -2.06. The molecule has 2 heterocycles. The fraction of sp³-hybridized carbons (Fsp3) is 0.417. The van der Waals surface area contributed by atoms with Crippen molar-refractivity contribution < 1.29 is 19.4 Å². The summed E-state index contributed by atoms with van der Waals surface area (Å²) in [5, 5.41) is 9.48.